The molecule has 5 aromatic rings. The Kier molecular flexibility index (Phi) is 6.10. The molecule has 0 aliphatic carbocycles. The van der Waals surface area contributed by atoms with Crippen LogP contribution in [0.25, 0.3) is 34.2 Å². The Balaban J connectivity index is 1.70. The zero-order chi connectivity index (χ0) is 25.3. The fourth-order valence-electron chi connectivity index (χ4n) is 3.76. The van der Waals surface area contributed by atoms with Crippen molar-refractivity contribution < 1.29 is 17.6 Å². The van der Waals surface area contributed by atoms with E-state index in [2.05, 4.69) is 5.10 Å². The van der Waals surface area contributed by atoms with Crippen LogP contribution in [-0.4, -0.2) is 25.3 Å². The molecule has 0 fully saturated rings. The predicted octanol–water partition coefficient (Wildman–Crippen LogP) is 6.29. The van der Waals surface area contributed by atoms with Crippen molar-refractivity contribution >= 4 is 38.5 Å². The smallest absolute Gasteiger partial charge is 0.216 e. The van der Waals surface area contributed by atoms with E-state index in [1.165, 1.54) is 30.3 Å². The predicted molar refractivity (Wildman–Crippen MR) is 138 cm³/mol. The molecule has 9 heteroatoms. The largest absolute Gasteiger partial charge is 0.493 e. The molecule has 0 aliphatic rings. The summed E-state index contributed by atoms with van der Waals surface area (Å²) in [5.41, 5.74) is 2.06. The van der Waals surface area contributed by atoms with Crippen molar-refractivity contribution in [2.75, 3.05) is 7.11 Å². The van der Waals surface area contributed by atoms with E-state index in [1.54, 1.807) is 30.1 Å². The number of nitriles is 1. The van der Waals surface area contributed by atoms with Crippen LogP contribution in [0, 0.1) is 11.3 Å². The molecule has 3 aromatic carbocycles. The number of ether oxygens (including phenoxy) is 1. The van der Waals surface area contributed by atoms with Crippen molar-refractivity contribution in [1.82, 2.24) is 9.78 Å². The molecule has 7 nitrogen and oxygen atoms in total. The summed E-state index contributed by atoms with van der Waals surface area (Å²) in [6, 6.07) is 24.1. The van der Waals surface area contributed by atoms with Crippen LogP contribution in [0.3, 0.4) is 0 Å². The number of hydrogen-bond donors (Lipinski definition) is 0. The summed E-state index contributed by atoms with van der Waals surface area (Å²) in [4.78, 5) is -0.474. The van der Waals surface area contributed by atoms with Gasteiger partial charge >= 0.3 is 0 Å². The molecular weight excluding hydrogens is 498 g/mol. The lowest BCUT2D eigenvalue weighted by atomic mass is 10.2. The van der Waals surface area contributed by atoms with E-state index in [4.69, 9.17) is 20.8 Å². The van der Waals surface area contributed by atoms with Gasteiger partial charge < -0.3 is 9.15 Å². The van der Waals surface area contributed by atoms with Crippen molar-refractivity contribution in [1.29, 1.82) is 5.26 Å². The van der Waals surface area contributed by atoms with Crippen molar-refractivity contribution in [2.45, 2.75) is 4.90 Å². The number of aromatic nitrogens is 2. The molecule has 0 aliphatic heterocycles. The van der Waals surface area contributed by atoms with E-state index in [1.807, 2.05) is 48.5 Å². The van der Waals surface area contributed by atoms with Gasteiger partial charge in [0.15, 0.2) is 17.1 Å². The van der Waals surface area contributed by atoms with Gasteiger partial charge in [-0.2, -0.15) is 10.4 Å². The molecule has 0 atom stereocenters. The molecule has 0 saturated heterocycles. The van der Waals surface area contributed by atoms with Crippen LogP contribution in [0.4, 0.5) is 0 Å². The topological polar surface area (TPSA) is 98.1 Å². The zero-order valence-electron chi connectivity index (χ0n) is 18.9. The maximum Gasteiger partial charge on any atom is 0.216 e. The summed E-state index contributed by atoms with van der Waals surface area (Å²) in [5, 5.41) is 15.7. The van der Waals surface area contributed by atoms with Gasteiger partial charge in [0.25, 0.3) is 0 Å². The van der Waals surface area contributed by atoms with Crippen LogP contribution in [0.1, 0.15) is 5.56 Å². The van der Waals surface area contributed by atoms with Crippen LogP contribution in [0.2, 0.25) is 5.02 Å². The monoisotopic (exact) mass is 515 g/mol. The van der Waals surface area contributed by atoms with Crippen LogP contribution >= 0.6 is 11.6 Å². The summed E-state index contributed by atoms with van der Waals surface area (Å²) in [6.45, 7) is 0. The number of hydrogen-bond acceptors (Lipinski definition) is 6. The number of methoxy groups -OCH3 is 1. The van der Waals surface area contributed by atoms with E-state index in [0.717, 1.165) is 11.1 Å². The van der Waals surface area contributed by atoms with Crippen molar-refractivity contribution in [3.05, 3.63) is 101 Å². The first-order valence-corrected chi connectivity index (χ1v) is 12.6. The molecule has 0 saturated carbocycles. The lowest BCUT2D eigenvalue weighted by Crippen LogP contribution is -2.03. The maximum absolute atomic E-state index is 13.2. The number of allylic oxidation sites excluding steroid dienone is 1. The molecular formula is C27H18ClN3O4S. The lowest BCUT2D eigenvalue weighted by molar-refractivity contribution is 0.411. The molecule has 36 heavy (non-hydrogen) atoms. The Bertz CT molecular complexity index is 1750. The molecule has 0 unspecified atom stereocenters. The summed E-state index contributed by atoms with van der Waals surface area (Å²) in [7, 11) is -2.55. The fourth-order valence-corrected chi connectivity index (χ4v) is 5.04. The number of para-hydroxylation sites is 2. The highest BCUT2D eigenvalue weighted by Gasteiger charge is 2.23. The van der Waals surface area contributed by atoms with Gasteiger partial charge in [-0.1, -0.05) is 41.9 Å². The van der Waals surface area contributed by atoms with Gasteiger partial charge in [-0.3, -0.25) is 0 Å². The summed E-state index contributed by atoms with van der Waals surface area (Å²) >= 11 is 5.90. The van der Waals surface area contributed by atoms with Crippen molar-refractivity contribution in [2.24, 2.45) is 0 Å². The Morgan fingerprint density at radius 1 is 1.08 bits per heavy atom. The SMILES string of the molecule is COc1cccc2cc(-c3nn(-c4ccccc4)cc3C=C(C#N)S(=O)(=O)c3ccc(Cl)cc3)oc12. The number of halogens is 1. The Morgan fingerprint density at radius 2 is 1.83 bits per heavy atom. The van der Waals surface area contributed by atoms with Gasteiger partial charge in [0.2, 0.25) is 9.84 Å². The normalized spacial score (nSPS) is 12.0. The minimum Gasteiger partial charge on any atom is -0.493 e. The molecule has 2 heterocycles. The highest BCUT2D eigenvalue weighted by Crippen LogP contribution is 2.35. The second-order valence-electron chi connectivity index (χ2n) is 7.78. The minimum absolute atomic E-state index is 0.0369. The summed E-state index contributed by atoms with van der Waals surface area (Å²) in [6.07, 6.45) is 2.96. The molecule has 0 N–H and O–H groups in total. The van der Waals surface area contributed by atoms with Gasteiger partial charge in [0.05, 0.1) is 17.7 Å². The number of fused-ring (bicyclic) bond motifs is 1. The lowest BCUT2D eigenvalue weighted by Gasteiger charge is -2.03. The molecule has 0 spiro atoms. The van der Waals surface area contributed by atoms with E-state index < -0.39 is 14.7 Å². The number of benzene rings is 3. The van der Waals surface area contributed by atoms with Crippen molar-refractivity contribution in [3.63, 3.8) is 0 Å². The van der Waals surface area contributed by atoms with Gasteiger partial charge in [0, 0.05) is 22.2 Å². The van der Waals surface area contributed by atoms with E-state index in [9.17, 15) is 13.7 Å². The molecule has 178 valence electrons. The second kappa shape index (κ2) is 9.38. The third-order valence-corrected chi connectivity index (χ3v) is 7.47. The minimum atomic E-state index is -4.10. The molecule has 0 radical (unpaired) electrons. The molecule has 5 rings (SSSR count). The molecule has 0 amide bonds. The van der Waals surface area contributed by atoms with Crippen LogP contribution in [0.15, 0.2) is 99.3 Å². The summed E-state index contributed by atoms with van der Waals surface area (Å²) < 4.78 is 39.6. The van der Waals surface area contributed by atoms with E-state index in [-0.39, 0.29) is 4.90 Å². The van der Waals surface area contributed by atoms with Crippen LogP contribution < -0.4 is 4.74 Å². The average Bonchev–Trinajstić information content (AvgIpc) is 3.52. The standard InChI is InChI=1S/C27H18ClN3O4S/c1-34-24-9-5-6-18-15-25(35-27(18)24)26-19(17-31(30-26)21-7-3-2-4-8-21)14-23(16-29)36(32,33)22-12-10-20(28)11-13-22/h2-15,17H,1H3. The number of nitrogens with zero attached hydrogens (tertiary/aromatic N) is 3. The van der Waals surface area contributed by atoms with Crippen molar-refractivity contribution in [3.8, 4) is 29.0 Å². The van der Waals surface area contributed by atoms with Crippen LogP contribution in [0.5, 0.6) is 5.75 Å². The summed E-state index contributed by atoms with van der Waals surface area (Å²) in [5.74, 6) is 0.956. The first-order chi connectivity index (χ1) is 17.4. The van der Waals surface area contributed by atoms with Gasteiger partial charge in [-0.25, -0.2) is 13.1 Å². The molecule has 0 bridgehead atoms. The zero-order valence-corrected chi connectivity index (χ0v) is 20.5. The highest BCUT2D eigenvalue weighted by atomic mass is 35.5. The number of sulfone groups is 1. The number of furan rings is 1. The number of rotatable bonds is 6. The fraction of sp³-hybridized carbons (Fsp3) is 0.0370. The second-order valence-corrected chi connectivity index (χ2v) is 10.1. The van der Waals surface area contributed by atoms with Crippen LogP contribution in [-0.2, 0) is 9.84 Å². The Morgan fingerprint density at radius 3 is 2.53 bits per heavy atom. The van der Waals surface area contributed by atoms with Gasteiger partial charge in [0.1, 0.15) is 16.7 Å². The highest BCUT2D eigenvalue weighted by molar-refractivity contribution is 7.95. The first kappa shape index (κ1) is 23.4. The Hall–Kier alpha value is -4.32. The first-order valence-electron chi connectivity index (χ1n) is 10.7. The quantitative estimate of drug-likeness (QED) is 0.247. The van der Waals surface area contributed by atoms with E-state index >= 15 is 0 Å². The van der Waals surface area contributed by atoms with E-state index in [0.29, 0.717) is 33.4 Å². The Labute approximate surface area is 212 Å². The third kappa shape index (κ3) is 4.26. The average molecular weight is 516 g/mol. The third-order valence-electron chi connectivity index (χ3n) is 5.53. The maximum atomic E-state index is 13.2. The molecule has 2 aromatic heterocycles. The van der Waals surface area contributed by atoms with Gasteiger partial charge in [-0.15, -0.1) is 0 Å². The van der Waals surface area contributed by atoms with Gasteiger partial charge in [-0.05, 0) is 54.6 Å².